The standard InChI is InChI=1S/C27H40/c1-2-3-4-5-6-7-8-9-10-11-12-13-14-15-16-19-25-22-23-26-20-17-18-21-27(26)24-25/h2,17-18,20-24H,1,3-16,19H2. The van der Waals surface area contributed by atoms with Gasteiger partial charge in [-0.3, -0.25) is 0 Å². The normalized spacial score (nSPS) is 11.1. The number of fused-ring (bicyclic) bond motifs is 1. The molecule has 0 radical (unpaired) electrons. The van der Waals surface area contributed by atoms with Crippen molar-refractivity contribution in [2.24, 2.45) is 0 Å². The second kappa shape index (κ2) is 14.5. The van der Waals surface area contributed by atoms with E-state index in [2.05, 4.69) is 49.0 Å². The zero-order valence-electron chi connectivity index (χ0n) is 17.4. The maximum atomic E-state index is 3.78. The van der Waals surface area contributed by atoms with E-state index < -0.39 is 0 Å². The predicted octanol–water partition coefficient (Wildman–Crippen LogP) is 9.03. The summed E-state index contributed by atoms with van der Waals surface area (Å²) in [5.41, 5.74) is 1.50. The van der Waals surface area contributed by atoms with Gasteiger partial charge < -0.3 is 0 Å². The fraction of sp³-hybridized carbons (Fsp3) is 0.556. The molecule has 0 fully saturated rings. The highest BCUT2D eigenvalue weighted by molar-refractivity contribution is 5.82. The van der Waals surface area contributed by atoms with Gasteiger partial charge in [0.25, 0.3) is 0 Å². The van der Waals surface area contributed by atoms with E-state index in [0.717, 1.165) is 0 Å². The van der Waals surface area contributed by atoms with Crippen LogP contribution in [-0.4, -0.2) is 0 Å². The molecule has 0 heterocycles. The lowest BCUT2D eigenvalue weighted by atomic mass is 10.0. The molecule has 0 aromatic heterocycles. The molecule has 0 aliphatic heterocycles. The fourth-order valence-corrected chi connectivity index (χ4v) is 3.96. The third-order valence-electron chi connectivity index (χ3n) is 5.69. The van der Waals surface area contributed by atoms with Crippen LogP contribution in [0, 0.1) is 0 Å². The Morgan fingerprint density at radius 1 is 0.556 bits per heavy atom. The van der Waals surface area contributed by atoms with Crippen LogP contribution < -0.4 is 0 Å². The Kier molecular flexibility index (Phi) is 11.7. The maximum absolute atomic E-state index is 3.78. The molecule has 0 bridgehead atoms. The van der Waals surface area contributed by atoms with Gasteiger partial charge >= 0.3 is 0 Å². The van der Waals surface area contributed by atoms with Gasteiger partial charge in [-0.2, -0.15) is 0 Å². The van der Waals surface area contributed by atoms with E-state index >= 15 is 0 Å². The molecule has 27 heavy (non-hydrogen) atoms. The number of aryl methyl sites for hydroxylation is 1. The van der Waals surface area contributed by atoms with Crippen LogP contribution in [0.15, 0.2) is 55.1 Å². The first kappa shape index (κ1) is 21.7. The van der Waals surface area contributed by atoms with Gasteiger partial charge in [-0.15, -0.1) is 6.58 Å². The van der Waals surface area contributed by atoms with E-state index in [9.17, 15) is 0 Å². The molecule has 0 unspecified atom stereocenters. The molecule has 2 rings (SSSR count). The Bertz CT molecular complexity index is 625. The molecular weight excluding hydrogens is 324 g/mol. The van der Waals surface area contributed by atoms with Crippen molar-refractivity contribution < 1.29 is 0 Å². The van der Waals surface area contributed by atoms with Gasteiger partial charge in [0.1, 0.15) is 0 Å². The van der Waals surface area contributed by atoms with Crippen LogP contribution in [0.3, 0.4) is 0 Å². The predicted molar refractivity (Wildman–Crippen MR) is 122 cm³/mol. The van der Waals surface area contributed by atoms with Gasteiger partial charge in [0.2, 0.25) is 0 Å². The van der Waals surface area contributed by atoms with Crippen molar-refractivity contribution in [3.63, 3.8) is 0 Å². The molecule has 0 saturated heterocycles. The van der Waals surface area contributed by atoms with Crippen LogP contribution >= 0.6 is 0 Å². The SMILES string of the molecule is C=CCCCCCCCCCCCCCCCc1ccc2ccccc2c1. The van der Waals surface area contributed by atoms with Crippen molar-refractivity contribution >= 4 is 10.8 Å². The summed E-state index contributed by atoms with van der Waals surface area (Å²) in [4.78, 5) is 0. The fourth-order valence-electron chi connectivity index (χ4n) is 3.96. The molecule has 2 aromatic rings. The largest absolute Gasteiger partial charge is 0.103 e. The topological polar surface area (TPSA) is 0 Å². The maximum Gasteiger partial charge on any atom is -0.0181 e. The van der Waals surface area contributed by atoms with Gasteiger partial charge in [-0.1, -0.05) is 119 Å². The summed E-state index contributed by atoms with van der Waals surface area (Å²) in [6, 6.07) is 15.6. The highest BCUT2D eigenvalue weighted by Crippen LogP contribution is 2.18. The van der Waals surface area contributed by atoms with Crippen molar-refractivity contribution in [3.05, 3.63) is 60.7 Å². The Morgan fingerprint density at radius 2 is 1.07 bits per heavy atom. The zero-order valence-corrected chi connectivity index (χ0v) is 17.4. The van der Waals surface area contributed by atoms with Crippen LogP contribution in [0.25, 0.3) is 10.8 Å². The highest BCUT2D eigenvalue weighted by atomic mass is 14.0. The van der Waals surface area contributed by atoms with E-state index in [1.807, 2.05) is 6.08 Å². The van der Waals surface area contributed by atoms with Gasteiger partial charge in [0.15, 0.2) is 0 Å². The zero-order chi connectivity index (χ0) is 19.0. The number of hydrogen-bond donors (Lipinski definition) is 0. The molecule has 0 heteroatoms. The minimum Gasteiger partial charge on any atom is -0.103 e. The van der Waals surface area contributed by atoms with Crippen molar-refractivity contribution in [1.29, 1.82) is 0 Å². The molecule has 148 valence electrons. The molecule has 0 saturated carbocycles. The summed E-state index contributed by atoms with van der Waals surface area (Å²) >= 11 is 0. The van der Waals surface area contributed by atoms with Crippen LogP contribution in [-0.2, 0) is 6.42 Å². The van der Waals surface area contributed by atoms with E-state index in [-0.39, 0.29) is 0 Å². The molecule has 0 atom stereocenters. The molecule has 0 aliphatic carbocycles. The molecule has 0 spiro atoms. The third kappa shape index (κ3) is 9.80. The molecule has 0 N–H and O–H groups in total. The van der Waals surface area contributed by atoms with Crippen LogP contribution in [0.4, 0.5) is 0 Å². The highest BCUT2D eigenvalue weighted by Gasteiger charge is 1.98. The Morgan fingerprint density at radius 3 is 1.67 bits per heavy atom. The van der Waals surface area contributed by atoms with Crippen molar-refractivity contribution in [2.75, 3.05) is 0 Å². The second-order valence-corrected chi connectivity index (χ2v) is 8.11. The number of rotatable bonds is 16. The van der Waals surface area contributed by atoms with Gasteiger partial charge in [0.05, 0.1) is 0 Å². The second-order valence-electron chi connectivity index (χ2n) is 8.11. The van der Waals surface area contributed by atoms with E-state index in [0.29, 0.717) is 0 Å². The quantitative estimate of drug-likeness (QED) is 0.206. The van der Waals surface area contributed by atoms with Crippen LogP contribution in [0.5, 0.6) is 0 Å². The van der Waals surface area contributed by atoms with E-state index in [1.165, 1.54) is 113 Å². The minimum absolute atomic E-state index is 1.20. The van der Waals surface area contributed by atoms with E-state index in [1.54, 1.807) is 0 Å². The minimum atomic E-state index is 1.20. The Labute approximate surface area is 168 Å². The Balaban J connectivity index is 1.38. The third-order valence-corrected chi connectivity index (χ3v) is 5.69. The lowest BCUT2D eigenvalue weighted by Gasteiger charge is -2.05. The lowest BCUT2D eigenvalue weighted by molar-refractivity contribution is 0.537. The summed E-state index contributed by atoms with van der Waals surface area (Å²) < 4.78 is 0. The van der Waals surface area contributed by atoms with Gasteiger partial charge in [0, 0.05) is 0 Å². The molecule has 0 amide bonds. The van der Waals surface area contributed by atoms with Crippen LogP contribution in [0.1, 0.15) is 95.5 Å². The Hall–Kier alpha value is -1.56. The summed E-state index contributed by atoms with van der Waals surface area (Å²) in [5.74, 6) is 0. The lowest BCUT2D eigenvalue weighted by Crippen LogP contribution is -1.87. The molecular formula is C27H40. The average molecular weight is 365 g/mol. The summed E-state index contributed by atoms with van der Waals surface area (Å²) in [6.45, 7) is 3.78. The van der Waals surface area contributed by atoms with Crippen molar-refractivity contribution in [2.45, 2.75) is 96.3 Å². The monoisotopic (exact) mass is 364 g/mol. The number of hydrogen-bond acceptors (Lipinski definition) is 0. The number of benzene rings is 2. The first-order valence-electron chi connectivity index (χ1n) is 11.5. The summed E-state index contributed by atoms with van der Waals surface area (Å²) in [5, 5.41) is 2.74. The summed E-state index contributed by atoms with van der Waals surface area (Å²) in [7, 11) is 0. The van der Waals surface area contributed by atoms with E-state index in [4.69, 9.17) is 0 Å². The molecule has 2 aromatic carbocycles. The summed E-state index contributed by atoms with van der Waals surface area (Å²) in [6.07, 6.45) is 22.9. The molecule has 0 nitrogen and oxygen atoms in total. The van der Waals surface area contributed by atoms with Gasteiger partial charge in [-0.05, 0) is 42.0 Å². The van der Waals surface area contributed by atoms with Crippen molar-refractivity contribution in [1.82, 2.24) is 0 Å². The average Bonchev–Trinajstić information content (AvgIpc) is 2.71. The number of unbranched alkanes of at least 4 members (excludes halogenated alkanes) is 13. The van der Waals surface area contributed by atoms with Gasteiger partial charge in [-0.25, -0.2) is 0 Å². The molecule has 0 aliphatic rings. The smallest absolute Gasteiger partial charge is 0.0181 e. The number of allylic oxidation sites excluding steroid dienone is 1. The van der Waals surface area contributed by atoms with Crippen molar-refractivity contribution in [3.8, 4) is 0 Å². The van der Waals surface area contributed by atoms with Crippen LogP contribution in [0.2, 0.25) is 0 Å². The first-order valence-corrected chi connectivity index (χ1v) is 11.5. The first-order chi connectivity index (χ1) is 13.4.